The summed E-state index contributed by atoms with van der Waals surface area (Å²) >= 11 is 0. The van der Waals surface area contributed by atoms with Crippen molar-refractivity contribution in [1.82, 2.24) is 0 Å². The molecular formula is C18H35FO5. The SMILES string of the molecule is CCCCCCCCCCCCO[C@@H]1O[C@H](CO)[C@H](O)[C@H](O)[C@H]1F. The summed E-state index contributed by atoms with van der Waals surface area (Å²) in [6.07, 6.45) is 4.99. The lowest BCUT2D eigenvalue weighted by molar-refractivity contribution is -0.286. The summed E-state index contributed by atoms with van der Waals surface area (Å²) in [7, 11) is 0. The van der Waals surface area contributed by atoms with Crippen LogP contribution in [0.3, 0.4) is 0 Å². The van der Waals surface area contributed by atoms with Gasteiger partial charge in [0.05, 0.1) is 6.61 Å². The van der Waals surface area contributed by atoms with Gasteiger partial charge in [0.15, 0.2) is 12.5 Å². The van der Waals surface area contributed by atoms with Gasteiger partial charge in [-0.1, -0.05) is 64.7 Å². The van der Waals surface area contributed by atoms with E-state index in [0.717, 1.165) is 19.3 Å². The average molecular weight is 350 g/mol. The fourth-order valence-corrected chi connectivity index (χ4v) is 2.97. The Bertz CT molecular complexity index is 303. The van der Waals surface area contributed by atoms with Gasteiger partial charge >= 0.3 is 0 Å². The molecule has 1 rings (SSSR count). The van der Waals surface area contributed by atoms with E-state index in [-0.39, 0.29) is 0 Å². The molecule has 0 saturated carbocycles. The zero-order chi connectivity index (χ0) is 17.8. The van der Waals surface area contributed by atoms with Crippen molar-refractivity contribution >= 4 is 0 Å². The summed E-state index contributed by atoms with van der Waals surface area (Å²) in [4.78, 5) is 0. The number of unbranched alkanes of at least 4 members (excludes halogenated alkanes) is 9. The number of alkyl halides is 1. The fraction of sp³-hybridized carbons (Fsp3) is 1.00. The van der Waals surface area contributed by atoms with Crippen LogP contribution in [0.25, 0.3) is 0 Å². The molecule has 0 radical (unpaired) electrons. The second-order valence-electron chi connectivity index (χ2n) is 6.70. The molecule has 3 N–H and O–H groups in total. The molecule has 0 bridgehead atoms. The monoisotopic (exact) mass is 350 g/mol. The largest absolute Gasteiger partial charge is 0.394 e. The highest BCUT2D eigenvalue weighted by molar-refractivity contribution is 4.89. The molecule has 0 aliphatic carbocycles. The third kappa shape index (κ3) is 7.74. The Morgan fingerprint density at radius 1 is 0.875 bits per heavy atom. The van der Waals surface area contributed by atoms with Crippen LogP contribution in [0.4, 0.5) is 4.39 Å². The van der Waals surface area contributed by atoms with E-state index in [9.17, 15) is 14.6 Å². The summed E-state index contributed by atoms with van der Waals surface area (Å²) in [6.45, 7) is 2.09. The van der Waals surface area contributed by atoms with Gasteiger partial charge in [0.1, 0.15) is 18.3 Å². The number of aliphatic hydroxyl groups excluding tert-OH is 3. The van der Waals surface area contributed by atoms with Crippen LogP contribution in [0.5, 0.6) is 0 Å². The van der Waals surface area contributed by atoms with Crippen molar-refractivity contribution < 1.29 is 29.2 Å². The number of rotatable bonds is 13. The Labute approximate surface area is 145 Å². The minimum absolute atomic E-state index is 0.350. The highest BCUT2D eigenvalue weighted by atomic mass is 19.1. The summed E-state index contributed by atoms with van der Waals surface area (Å²) in [5, 5.41) is 28.2. The van der Waals surface area contributed by atoms with Gasteiger partial charge in [-0.2, -0.15) is 0 Å². The summed E-state index contributed by atoms with van der Waals surface area (Å²) < 4.78 is 24.4. The van der Waals surface area contributed by atoms with Gasteiger partial charge in [0, 0.05) is 6.61 Å². The number of ether oxygens (including phenoxy) is 2. The van der Waals surface area contributed by atoms with E-state index in [1.165, 1.54) is 44.9 Å². The van der Waals surface area contributed by atoms with Gasteiger partial charge in [-0.05, 0) is 6.42 Å². The highest BCUT2D eigenvalue weighted by Gasteiger charge is 2.45. The molecule has 144 valence electrons. The van der Waals surface area contributed by atoms with E-state index in [0.29, 0.717) is 6.61 Å². The normalized spacial score (nSPS) is 30.6. The van der Waals surface area contributed by atoms with Gasteiger partial charge < -0.3 is 24.8 Å². The van der Waals surface area contributed by atoms with Crippen molar-refractivity contribution in [2.75, 3.05) is 13.2 Å². The standard InChI is InChI=1S/C18H35FO5/c1-2-3-4-5-6-7-8-9-10-11-12-23-18-15(19)17(22)16(21)14(13-20)24-18/h14-18,20-22H,2-13H2,1H3/t14-,15-,16+,17-,18-/m1/s1. The number of aliphatic hydroxyl groups is 3. The number of halogens is 1. The third-order valence-corrected chi connectivity index (χ3v) is 4.59. The molecule has 0 aromatic carbocycles. The third-order valence-electron chi connectivity index (χ3n) is 4.59. The Morgan fingerprint density at radius 3 is 1.96 bits per heavy atom. The van der Waals surface area contributed by atoms with Crippen molar-refractivity contribution in [3.8, 4) is 0 Å². The molecule has 1 aliphatic rings. The minimum Gasteiger partial charge on any atom is -0.394 e. The lowest BCUT2D eigenvalue weighted by Gasteiger charge is -2.38. The molecule has 0 spiro atoms. The van der Waals surface area contributed by atoms with Crippen LogP contribution >= 0.6 is 0 Å². The van der Waals surface area contributed by atoms with E-state index < -0.39 is 37.4 Å². The predicted molar refractivity (Wildman–Crippen MR) is 90.5 cm³/mol. The maximum Gasteiger partial charge on any atom is 0.191 e. The second-order valence-corrected chi connectivity index (χ2v) is 6.70. The van der Waals surface area contributed by atoms with Crippen molar-refractivity contribution in [3.05, 3.63) is 0 Å². The lowest BCUT2D eigenvalue weighted by atomic mass is 10.0. The van der Waals surface area contributed by atoms with Gasteiger partial charge in [-0.25, -0.2) is 4.39 Å². The van der Waals surface area contributed by atoms with Gasteiger partial charge in [0.2, 0.25) is 0 Å². The Morgan fingerprint density at radius 2 is 1.42 bits per heavy atom. The van der Waals surface area contributed by atoms with E-state index in [2.05, 4.69) is 6.92 Å². The molecule has 24 heavy (non-hydrogen) atoms. The first-order chi connectivity index (χ1) is 11.6. The molecule has 1 aliphatic heterocycles. The van der Waals surface area contributed by atoms with Crippen molar-refractivity contribution in [3.63, 3.8) is 0 Å². The lowest BCUT2D eigenvalue weighted by Crippen LogP contribution is -2.57. The van der Waals surface area contributed by atoms with Gasteiger partial charge in [-0.15, -0.1) is 0 Å². The fourth-order valence-electron chi connectivity index (χ4n) is 2.97. The molecular weight excluding hydrogens is 315 g/mol. The smallest absolute Gasteiger partial charge is 0.191 e. The van der Waals surface area contributed by atoms with Crippen molar-refractivity contribution in [2.24, 2.45) is 0 Å². The number of hydrogen-bond acceptors (Lipinski definition) is 5. The van der Waals surface area contributed by atoms with Crippen LogP contribution in [0.2, 0.25) is 0 Å². The van der Waals surface area contributed by atoms with Gasteiger partial charge in [-0.3, -0.25) is 0 Å². The maximum absolute atomic E-state index is 13.9. The van der Waals surface area contributed by atoms with E-state index in [1.54, 1.807) is 0 Å². The van der Waals surface area contributed by atoms with Crippen LogP contribution in [0.15, 0.2) is 0 Å². The average Bonchev–Trinajstić information content (AvgIpc) is 2.59. The van der Waals surface area contributed by atoms with E-state index >= 15 is 0 Å². The molecule has 6 heteroatoms. The summed E-state index contributed by atoms with van der Waals surface area (Å²) in [5.74, 6) is 0. The highest BCUT2D eigenvalue weighted by Crippen LogP contribution is 2.24. The molecule has 0 aromatic heterocycles. The van der Waals surface area contributed by atoms with Crippen molar-refractivity contribution in [2.45, 2.75) is 102 Å². The first kappa shape index (κ1) is 21.8. The molecule has 5 atom stereocenters. The predicted octanol–water partition coefficient (Wildman–Crippen LogP) is 2.70. The Hall–Kier alpha value is -0.270. The molecule has 5 nitrogen and oxygen atoms in total. The van der Waals surface area contributed by atoms with Crippen LogP contribution in [0, 0.1) is 0 Å². The first-order valence-electron chi connectivity index (χ1n) is 9.50. The maximum atomic E-state index is 13.9. The number of hydrogen-bond donors (Lipinski definition) is 3. The second kappa shape index (κ2) is 13.0. The van der Waals surface area contributed by atoms with Crippen molar-refractivity contribution in [1.29, 1.82) is 0 Å². The van der Waals surface area contributed by atoms with Crippen LogP contribution in [0.1, 0.15) is 71.1 Å². The zero-order valence-corrected chi connectivity index (χ0v) is 14.9. The molecule has 0 unspecified atom stereocenters. The first-order valence-corrected chi connectivity index (χ1v) is 9.50. The topological polar surface area (TPSA) is 79.2 Å². The van der Waals surface area contributed by atoms with Crippen LogP contribution < -0.4 is 0 Å². The molecule has 1 heterocycles. The quantitative estimate of drug-likeness (QED) is 0.445. The summed E-state index contributed by atoms with van der Waals surface area (Å²) in [5.41, 5.74) is 0. The molecule has 1 fully saturated rings. The zero-order valence-electron chi connectivity index (χ0n) is 14.9. The molecule has 1 saturated heterocycles. The summed E-state index contributed by atoms with van der Waals surface area (Å²) in [6, 6.07) is 0. The minimum atomic E-state index is -1.80. The van der Waals surface area contributed by atoms with Crippen LogP contribution in [-0.2, 0) is 9.47 Å². The van der Waals surface area contributed by atoms with E-state index in [4.69, 9.17) is 14.6 Å². The molecule has 0 amide bonds. The van der Waals surface area contributed by atoms with Crippen LogP contribution in [-0.4, -0.2) is 59.3 Å². The molecule has 0 aromatic rings. The Kier molecular flexibility index (Phi) is 11.8. The Balaban J connectivity index is 2.02. The van der Waals surface area contributed by atoms with Gasteiger partial charge in [0.25, 0.3) is 0 Å². The van der Waals surface area contributed by atoms with E-state index in [1.807, 2.05) is 0 Å².